The fourth-order valence-electron chi connectivity index (χ4n) is 2.45. The van der Waals surface area contributed by atoms with E-state index in [9.17, 15) is 13.2 Å². The zero-order valence-corrected chi connectivity index (χ0v) is 10.6. The Bertz CT molecular complexity index is 646. The molecule has 0 saturated heterocycles. The second-order valence-electron chi connectivity index (χ2n) is 4.85. The van der Waals surface area contributed by atoms with Crippen LogP contribution < -0.4 is 5.73 Å². The van der Waals surface area contributed by atoms with Gasteiger partial charge in [-0.05, 0) is 31.0 Å². The van der Waals surface area contributed by atoms with Gasteiger partial charge in [-0.15, -0.1) is 10.2 Å². The lowest BCUT2D eigenvalue weighted by molar-refractivity contribution is -0.137. The van der Waals surface area contributed by atoms with Crippen molar-refractivity contribution in [3.05, 3.63) is 29.6 Å². The smallest absolute Gasteiger partial charge is 0.398 e. The average molecular weight is 282 g/mol. The molecule has 0 fully saturated rings. The molecule has 2 aromatic rings. The number of aryl methyl sites for hydroxylation is 1. The Morgan fingerprint density at radius 3 is 2.65 bits per heavy atom. The number of halogens is 3. The lowest BCUT2D eigenvalue weighted by Gasteiger charge is -2.16. The van der Waals surface area contributed by atoms with E-state index in [0.717, 1.165) is 43.8 Å². The average Bonchev–Trinajstić information content (AvgIpc) is 2.81. The van der Waals surface area contributed by atoms with Gasteiger partial charge in [0.05, 0.1) is 5.56 Å². The van der Waals surface area contributed by atoms with E-state index in [1.54, 1.807) is 0 Å². The van der Waals surface area contributed by atoms with Crippen LogP contribution in [0.1, 0.15) is 24.2 Å². The summed E-state index contributed by atoms with van der Waals surface area (Å²) < 4.78 is 39.8. The highest BCUT2D eigenvalue weighted by atomic mass is 19.4. The predicted molar refractivity (Wildman–Crippen MR) is 67.8 cm³/mol. The van der Waals surface area contributed by atoms with E-state index in [-0.39, 0.29) is 5.69 Å². The van der Waals surface area contributed by atoms with Crippen LogP contribution >= 0.6 is 0 Å². The summed E-state index contributed by atoms with van der Waals surface area (Å²) in [5.41, 5.74) is 5.58. The van der Waals surface area contributed by atoms with Crippen LogP contribution in [0.5, 0.6) is 0 Å². The third-order valence-corrected chi connectivity index (χ3v) is 3.48. The number of nitrogens with two attached hydrogens (primary N) is 1. The molecule has 0 amide bonds. The van der Waals surface area contributed by atoms with E-state index >= 15 is 0 Å². The lowest BCUT2D eigenvalue weighted by atomic mass is 10.1. The minimum absolute atomic E-state index is 0.0700. The molecule has 0 spiro atoms. The monoisotopic (exact) mass is 282 g/mol. The van der Waals surface area contributed by atoms with Gasteiger partial charge in [0.1, 0.15) is 5.82 Å². The third-order valence-electron chi connectivity index (χ3n) is 3.48. The van der Waals surface area contributed by atoms with Crippen LogP contribution in [-0.4, -0.2) is 14.8 Å². The molecule has 0 aliphatic carbocycles. The molecule has 1 aliphatic heterocycles. The predicted octanol–water partition coefficient (Wildman–Crippen LogP) is 2.88. The van der Waals surface area contributed by atoms with Gasteiger partial charge in [-0.2, -0.15) is 13.2 Å². The number of alkyl halides is 3. The largest absolute Gasteiger partial charge is 0.416 e. The van der Waals surface area contributed by atoms with E-state index in [0.29, 0.717) is 11.4 Å². The summed E-state index contributed by atoms with van der Waals surface area (Å²) in [7, 11) is 0. The number of benzene rings is 1. The lowest BCUT2D eigenvalue weighted by Crippen LogP contribution is -2.12. The molecular weight excluding hydrogens is 269 g/mol. The van der Waals surface area contributed by atoms with Gasteiger partial charge >= 0.3 is 6.18 Å². The molecular formula is C13H13F3N4. The van der Waals surface area contributed by atoms with Gasteiger partial charge < -0.3 is 10.3 Å². The van der Waals surface area contributed by atoms with E-state index in [1.807, 2.05) is 4.57 Å². The number of rotatable bonds is 1. The number of fused-ring (bicyclic) bond motifs is 1. The molecule has 106 valence electrons. The van der Waals surface area contributed by atoms with Gasteiger partial charge in [0, 0.05) is 24.2 Å². The van der Waals surface area contributed by atoms with Gasteiger partial charge in [0.25, 0.3) is 0 Å². The van der Waals surface area contributed by atoms with Crippen molar-refractivity contribution in [1.82, 2.24) is 14.8 Å². The van der Waals surface area contributed by atoms with Gasteiger partial charge in [-0.1, -0.05) is 0 Å². The molecule has 2 heterocycles. The second kappa shape index (κ2) is 4.50. The number of nitrogens with zero attached hydrogens (tertiary/aromatic N) is 3. The van der Waals surface area contributed by atoms with E-state index in [4.69, 9.17) is 5.73 Å². The van der Waals surface area contributed by atoms with Gasteiger partial charge in [-0.25, -0.2) is 0 Å². The summed E-state index contributed by atoms with van der Waals surface area (Å²) in [5, 5.41) is 8.15. The maximum Gasteiger partial charge on any atom is 0.416 e. The molecule has 0 unspecified atom stereocenters. The van der Waals surface area contributed by atoms with E-state index < -0.39 is 11.7 Å². The SMILES string of the molecule is Nc1cc(C(F)(F)F)ccc1-c1nnc2n1CCCC2. The van der Waals surface area contributed by atoms with Crippen molar-refractivity contribution in [3.63, 3.8) is 0 Å². The first kappa shape index (κ1) is 13.0. The molecule has 3 rings (SSSR count). The van der Waals surface area contributed by atoms with E-state index in [2.05, 4.69) is 10.2 Å². The Hall–Kier alpha value is -2.05. The minimum Gasteiger partial charge on any atom is -0.398 e. The van der Waals surface area contributed by atoms with Crippen LogP contribution in [0.15, 0.2) is 18.2 Å². The van der Waals surface area contributed by atoms with E-state index in [1.165, 1.54) is 6.07 Å². The molecule has 0 saturated carbocycles. The summed E-state index contributed by atoms with van der Waals surface area (Å²) in [6, 6.07) is 3.33. The molecule has 1 aromatic carbocycles. The second-order valence-corrected chi connectivity index (χ2v) is 4.85. The number of aromatic nitrogens is 3. The van der Waals surface area contributed by atoms with Crippen LogP contribution in [0.3, 0.4) is 0 Å². The highest BCUT2D eigenvalue weighted by Crippen LogP contribution is 2.34. The summed E-state index contributed by atoms with van der Waals surface area (Å²) in [5.74, 6) is 1.41. The zero-order valence-electron chi connectivity index (χ0n) is 10.6. The van der Waals surface area contributed by atoms with Crippen molar-refractivity contribution < 1.29 is 13.2 Å². The fourth-order valence-corrected chi connectivity index (χ4v) is 2.45. The van der Waals surface area contributed by atoms with Gasteiger partial charge in [0.15, 0.2) is 5.82 Å². The Morgan fingerprint density at radius 2 is 1.95 bits per heavy atom. The Balaban J connectivity index is 2.05. The van der Waals surface area contributed by atoms with Crippen LogP contribution in [0.25, 0.3) is 11.4 Å². The van der Waals surface area contributed by atoms with Crippen LogP contribution in [-0.2, 0) is 19.1 Å². The molecule has 0 atom stereocenters. The standard InChI is InChI=1S/C13H13F3N4/c14-13(15,16)8-4-5-9(10(17)7-8)12-19-18-11-3-1-2-6-20(11)12/h4-5,7H,1-3,6,17H2. The molecule has 4 nitrogen and oxygen atoms in total. The van der Waals surface area contributed by atoms with Crippen LogP contribution in [0.4, 0.5) is 18.9 Å². The molecule has 7 heteroatoms. The van der Waals surface area contributed by atoms with Gasteiger partial charge in [0.2, 0.25) is 0 Å². The van der Waals surface area contributed by atoms with Crippen molar-refractivity contribution in [2.24, 2.45) is 0 Å². The van der Waals surface area contributed by atoms with Crippen LogP contribution in [0.2, 0.25) is 0 Å². The number of hydrogen-bond donors (Lipinski definition) is 1. The Kier molecular flexibility index (Phi) is 2.92. The summed E-state index contributed by atoms with van der Waals surface area (Å²) in [6.07, 6.45) is -1.48. The van der Waals surface area contributed by atoms with Crippen molar-refractivity contribution >= 4 is 5.69 Å². The maximum atomic E-state index is 12.6. The molecule has 2 N–H and O–H groups in total. The number of hydrogen-bond acceptors (Lipinski definition) is 3. The first-order chi connectivity index (χ1) is 9.47. The fraction of sp³-hybridized carbons (Fsp3) is 0.385. The quantitative estimate of drug-likeness (QED) is 0.818. The van der Waals surface area contributed by atoms with Crippen molar-refractivity contribution in [2.75, 3.05) is 5.73 Å². The molecule has 0 bridgehead atoms. The Labute approximate surface area is 113 Å². The van der Waals surface area contributed by atoms with Crippen molar-refractivity contribution in [1.29, 1.82) is 0 Å². The summed E-state index contributed by atoms with van der Waals surface area (Å²) in [6.45, 7) is 0.776. The zero-order chi connectivity index (χ0) is 14.3. The summed E-state index contributed by atoms with van der Waals surface area (Å²) >= 11 is 0. The number of anilines is 1. The first-order valence-corrected chi connectivity index (χ1v) is 6.36. The minimum atomic E-state index is -4.39. The third kappa shape index (κ3) is 2.13. The highest BCUT2D eigenvalue weighted by molar-refractivity contribution is 5.72. The molecule has 1 aliphatic rings. The summed E-state index contributed by atoms with van der Waals surface area (Å²) in [4.78, 5) is 0. The van der Waals surface area contributed by atoms with Crippen molar-refractivity contribution in [2.45, 2.75) is 32.0 Å². The highest BCUT2D eigenvalue weighted by Gasteiger charge is 2.31. The molecule has 1 aromatic heterocycles. The molecule has 20 heavy (non-hydrogen) atoms. The topological polar surface area (TPSA) is 56.7 Å². The van der Waals surface area contributed by atoms with Crippen LogP contribution in [0, 0.1) is 0 Å². The van der Waals surface area contributed by atoms with Gasteiger partial charge in [-0.3, -0.25) is 0 Å². The van der Waals surface area contributed by atoms with Crippen molar-refractivity contribution in [3.8, 4) is 11.4 Å². The normalized spacial score (nSPS) is 15.2. The number of nitrogen functional groups attached to an aromatic ring is 1. The molecule has 0 radical (unpaired) electrons. The maximum absolute atomic E-state index is 12.6. The Morgan fingerprint density at radius 1 is 1.15 bits per heavy atom. The first-order valence-electron chi connectivity index (χ1n) is 6.36.